The zero-order valence-electron chi connectivity index (χ0n) is 17.0. The fourth-order valence-corrected chi connectivity index (χ4v) is 3.86. The Hall–Kier alpha value is -2.79. The Bertz CT molecular complexity index is 1060. The van der Waals surface area contributed by atoms with Crippen LogP contribution in [0.3, 0.4) is 0 Å². The lowest BCUT2D eigenvalue weighted by Crippen LogP contribution is -2.33. The summed E-state index contributed by atoms with van der Waals surface area (Å²) in [5.41, 5.74) is 5.12. The number of pyridine rings is 1. The van der Waals surface area contributed by atoms with Gasteiger partial charge in [-0.2, -0.15) is 0 Å². The van der Waals surface area contributed by atoms with Crippen LogP contribution in [-0.2, 0) is 0 Å². The van der Waals surface area contributed by atoms with E-state index in [4.69, 9.17) is 0 Å². The highest BCUT2D eigenvalue weighted by Gasteiger charge is 2.16. The standard InChI is InChI=1S/C24H26FN3O/c1-16-5-6-18(13-17(16)2)23-15-21(20-14-19(25)7-8-22(20)27-23)24(29)26-9-12-28-10-3-4-11-28/h5-8,13-15H,3-4,9-12H2,1-2H3,(H,26,29). The molecule has 1 saturated heterocycles. The molecule has 1 aromatic heterocycles. The molecule has 0 unspecified atom stereocenters. The fourth-order valence-electron chi connectivity index (χ4n) is 3.86. The van der Waals surface area contributed by atoms with Gasteiger partial charge in [-0.1, -0.05) is 12.1 Å². The third kappa shape index (κ3) is 4.30. The first-order chi connectivity index (χ1) is 14.0. The molecule has 0 saturated carbocycles. The Labute approximate surface area is 170 Å². The summed E-state index contributed by atoms with van der Waals surface area (Å²) >= 11 is 0. The van der Waals surface area contributed by atoms with Crippen molar-refractivity contribution in [2.75, 3.05) is 26.2 Å². The second kappa shape index (κ2) is 8.29. The van der Waals surface area contributed by atoms with Crippen LogP contribution < -0.4 is 5.32 Å². The molecule has 2 aromatic carbocycles. The number of hydrogen-bond acceptors (Lipinski definition) is 3. The monoisotopic (exact) mass is 391 g/mol. The summed E-state index contributed by atoms with van der Waals surface area (Å²) in [6.07, 6.45) is 2.45. The largest absolute Gasteiger partial charge is 0.351 e. The number of nitrogens with one attached hydrogen (secondary N) is 1. The molecule has 0 spiro atoms. The Morgan fingerprint density at radius 1 is 1.07 bits per heavy atom. The van der Waals surface area contributed by atoms with Crippen molar-refractivity contribution in [1.82, 2.24) is 15.2 Å². The Morgan fingerprint density at radius 2 is 1.86 bits per heavy atom. The minimum Gasteiger partial charge on any atom is -0.351 e. The fraction of sp³-hybridized carbons (Fsp3) is 0.333. The van der Waals surface area contributed by atoms with Crippen molar-refractivity contribution in [3.63, 3.8) is 0 Å². The third-order valence-electron chi connectivity index (χ3n) is 5.73. The molecule has 1 aliphatic rings. The number of halogens is 1. The average Bonchev–Trinajstić information content (AvgIpc) is 3.22. The highest BCUT2D eigenvalue weighted by atomic mass is 19.1. The molecular formula is C24H26FN3O. The highest BCUT2D eigenvalue weighted by Crippen LogP contribution is 2.27. The van der Waals surface area contributed by atoms with E-state index in [1.807, 2.05) is 6.07 Å². The Kier molecular flexibility index (Phi) is 5.58. The number of likely N-dealkylation sites (tertiary alicyclic amines) is 1. The number of aromatic nitrogens is 1. The van der Waals surface area contributed by atoms with Gasteiger partial charge < -0.3 is 10.2 Å². The van der Waals surface area contributed by atoms with Crippen LogP contribution in [0.5, 0.6) is 0 Å². The minimum absolute atomic E-state index is 0.188. The number of carbonyl (C=O) groups excluding carboxylic acids is 1. The zero-order valence-corrected chi connectivity index (χ0v) is 17.0. The van der Waals surface area contributed by atoms with Gasteiger partial charge in [0.25, 0.3) is 5.91 Å². The van der Waals surface area contributed by atoms with Gasteiger partial charge >= 0.3 is 0 Å². The number of fused-ring (bicyclic) bond motifs is 1. The van der Waals surface area contributed by atoms with Crippen molar-refractivity contribution in [2.45, 2.75) is 26.7 Å². The van der Waals surface area contributed by atoms with E-state index >= 15 is 0 Å². The van der Waals surface area contributed by atoms with E-state index in [1.165, 1.54) is 36.1 Å². The van der Waals surface area contributed by atoms with Crippen molar-refractivity contribution < 1.29 is 9.18 Å². The van der Waals surface area contributed by atoms with Crippen molar-refractivity contribution in [3.05, 3.63) is 65.0 Å². The molecule has 1 N–H and O–H groups in total. The third-order valence-corrected chi connectivity index (χ3v) is 5.73. The summed E-state index contributed by atoms with van der Waals surface area (Å²) in [6.45, 7) is 7.73. The first-order valence-corrected chi connectivity index (χ1v) is 10.2. The van der Waals surface area contributed by atoms with Gasteiger partial charge in [0.15, 0.2) is 0 Å². The molecule has 5 heteroatoms. The molecule has 2 heterocycles. The van der Waals surface area contributed by atoms with Gasteiger partial charge in [0.1, 0.15) is 5.82 Å². The lowest BCUT2D eigenvalue weighted by molar-refractivity contribution is 0.0951. The lowest BCUT2D eigenvalue weighted by atomic mass is 10.0. The minimum atomic E-state index is -0.371. The first kappa shape index (κ1) is 19.5. The van der Waals surface area contributed by atoms with E-state index in [2.05, 4.69) is 41.2 Å². The molecule has 4 nitrogen and oxygen atoms in total. The summed E-state index contributed by atoms with van der Waals surface area (Å²) < 4.78 is 13.9. The molecule has 4 rings (SSSR count). The molecule has 1 fully saturated rings. The first-order valence-electron chi connectivity index (χ1n) is 10.2. The number of amides is 1. The van der Waals surface area contributed by atoms with Crippen molar-refractivity contribution in [2.24, 2.45) is 0 Å². The molecule has 0 radical (unpaired) electrons. The van der Waals surface area contributed by atoms with Crippen molar-refractivity contribution in [3.8, 4) is 11.3 Å². The smallest absolute Gasteiger partial charge is 0.252 e. The molecule has 3 aromatic rings. The molecule has 1 aliphatic heterocycles. The zero-order chi connectivity index (χ0) is 20.4. The predicted octanol–water partition coefficient (Wildman–Crippen LogP) is 4.48. The van der Waals surface area contributed by atoms with Crippen LogP contribution in [0.4, 0.5) is 4.39 Å². The molecular weight excluding hydrogens is 365 g/mol. The molecule has 150 valence electrons. The van der Waals surface area contributed by atoms with Gasteiger partial charge in [-0.3, -0.25) is 4.79 Å². The van der Waals surface area contributed by atoms with Gasteiger partial charge in [0, 0.05) is 24.0 Å². The van der Waals surface area contributed by atoms with Crippen LogP contribution in [0.1, 0.15) is 34.3 Å². The quantitative estimate of drug-likeness (QED) is 0.697. The van der Waals surface area contributed by atoms with Gasteiger partial charge in [-0.25, -0.2) is 9.37 Å². The van der Waals surface area contributed by atoms with E-state index in [0.717, 1.165) is 30.9 Å². The topological polar surface area (TPSA) is 45.2 Å². The molecule has 1 amide bonds. The summed E-state index contributed by atoms with van der Waals surface area (Å²) in [7, 11) is 0. The molecule has 0 bridgehead atoms. The van der Waals surface area contributed by atoms with E-state index in [-0.39, 0.29) is 11.7 Å². The summed E-state index contributed by atoms with van der Waals surface area (Å²) in [5, 5.41) is 3.54. The number of hydrogen-bond donors (Lipinski definition) is 1. The molecule has 0 atom stereocenters. The van der Waals surface area contributed by atoms with Crippen LogP contribution in [0.25, 0.3) is 22.2 Å². The second-order valence-electron chi connectivity index (χ2n) is 7.82. The number of rotatable bonds is 5. The van der Waals surface area contributed by atoms with Gasteiger partial charge in [-0.15, -0.1) is 0 Å². The van der Waals surface area contributed by atoms with Crippen LogP contribution in [0.2, 0.25) is 0 Å². The highest BCUT2D eigenvalue weighted by molar-refractivity contribution is 6.07. The van der Waals surface area contributed by atoms with E-state index in [9.17, 15) is 9.18 Å². The maximum Gasteiger partial charge on any atom is 0.252 e. The Balaban J connectivity index is 1.67. The van der Waals surface area contributed by atoms with Gasteiger partial charge in [0.2, 0.25) is 0 Å². The maximum absolute atomic E-state index is 13.9. The van der Waals surface area contributed by atoms with E-state index in [1.54, 1.807) is 12.1 Å². The van der Waals surface area contributed by atoms with Crippen molar-refractivity contribution >= 4 is 16.8 Å². The summed E-state index contributed by atoms with van der Waals surface area (Å²) in [6, 6.07) is 12.3. The average molecular weight is 391 g/mol. The van der Waals surface area contributed by atoms with Gasteiger partial charge in [-0.05, 0) is 81.2 Å². The van der Waals surface area contributed by atoms with Gasteiger partial charge in [0.05, 0.1) is 16.8 Å². The number of aryl methyl sites for hydroxylation is 2. The number of nitrogens with zero attached hydrogens (tertiary/aromatic N) is 2. The number of benzene rings is 2. The molecule has 0 aliphatic carbocycles. The predicted molar refractivity (Wildman–Crippen MR) is 115 cm³/mol. The SMILES string of the molecule is Cc1ccc(-c2cc(C(=O)NCCN3CCCC3)c3cc(F)ccc3n2)cc1C. The van der Waals surface area contributed by atoms with Crippen LogP contribution in [0, 0.1) is 19.7 Å². The summed E-state index contributed by atoms with van der Waals surface area (Å²) in [5.74, 6) is -0.559. The van der Waals surface area contributed by atoms with E-state index in [0.29, 0.717) is 23.0 Å². The normalized spacial score (nSPS) is 14.4. The number of carbonyl (C=O) groups is 1. The Morgan fingerprint density at radius 3 is 2.62 bits per heavy atom. The maximum atomic E-state index is 13.9. The second-order valence-corrected chi connectivity index (χ2v) is 7.82. The molecule has 29 heavy (non-hydrogen) atoms. The van der Waals surface area contributed by atoms with Crippen LogP contribution in [0.15, 0.2) is 42.5 Å². The van der Waals surface area contributed by atoms with E-state index < -0.39 is 0 Å². The van der Waals surface area contributed by atoms with Crippen molar-refractivity contribution in [1.29, 1.82) is 0 Å². The lowest BCUT2D eigenvalue weighted by Gasteiger charge is -2.15. The van der Waals surface area contributed by atoms with Crippen LogP contribution in [-0.4, -0.2) is 42.0 Å². The van der Waals surface area contributed by atoms with Crippen LogP contribution >= 0.6 is 0 Å². The summed E-state index contributed by atoms with van der Waals surface area (Å²) in [4.78, 5) is 20.0.